The number of amides is 1. The van der Waals surface area contributed by atoms with Crippen molar-refractivity contribution in [2.24, 2.45) is 7.05 Å². The summed E-state index contributed by atoms with van der Waals surface area (Å²) in [5.41, 5.74) is 1.36. The first-order valence-electron chi connectivity index (χ1n) is 8.53. The smallest absolute Gasteiger partial charge is 0.274 e. The van der Waals surface area contributed by atoms with E-state index >= 15 is 0 Å². The van der Waals surface area contributed by atoms with Crippen LogP contribution in [0.3, 0.4) is 0 Å². The maximum atomic E-state index is 12.2. The molecule has 0 bridgehead atoms. The molecule has 1 aromatic carbocycles. The van der Waals surface area contributed by atoms with E-state index in [2.05, 4.69) is 5.32 Å². The maximum absolute atomic E-state index is 12.2. The number of pyridine rings is 1. The van der Waals surface area contributed by atoms with Crippen molar-refractivity contribution in [2.75, 3.05) is 19.0 Å². The Morgan fingerprint density at radius 2 is 2.11 bits per heavy atom. The summed E-state index contributed by atoms with van der Waals surface area (Å²) in [6.45, 7) is 4.29. The minimum atomic E-state index is -0.414. The molecule has 1 amide bonds. The molecule has 1 heterocycles. The van der Waals surface area contributed by atoms with Gasteiger partial charge in [0.1, 0.15) is 5.69 Å². The molecular weight excluding hydrogens is 368 g/mol. The molecule has 6 nitrogen and oxygen atoms in total. The lowest BCUT2D eigenvalue weighted by atomic mass is 10.1. The van der Waals surface area contributed by atoms with Crippen molar-refractivity contribution in [3.8, 4) is 11.5 Å². The number of aromatic nitrogens is 1. The van der Waals surface area contributed by atoms with Gasteiger partial charge in [0, 0.05) is 19.3 Å². The average molecular weight is 391 g/mol. The summed E-state index contributed by atoms with van der Waals surface area (Å²) in [5, 5.41) is 3.02. The topological polar surface area (TPSA) is 69.6 Å². The fourth-order valence-corrected chi connectivity index (χ4v) is 2.66. The molecule has 2 rings (SSSR count). The number of aryl methyl sites for hydroxylation is 2. The van der Waals surface area contributed by atoms with Crippen molar-refractivity contribution in [1.29, 1.82) is 0 Å². The number of anilines is 1. The van der Waals surface area contributed by atoms with Gasteiger partial charge in [0.2, 0.25) is 5.91 Å². The van der Waals surface area contributed by atoms with Crippen LogP contribution in [-0.4, -0.2) is 24.2 Å². The molecule has 0 unspecified atom stereocenters. The van der Waals surface area contributed by atoms with Gasteiger partial charge in [-0.05, 0) is 48.7 Å². The molecule has 144 valence electrons. The maximum Gasteiger partial charge on any atom is 0.274 e. The number of hydrogen-bond acceptors (Lipinski definition) is 4. The van der Waals surface area contributed by atoms with Gasteiger partial charge in [0.15, 0.2) is 11.5 Å². The number of nitrogens with zero attached hydrogens (tertiary/aromatic N) is 1. The Morgan fingerprint density at radius 1 is 1.37 bits per heavy atom. The molecule has 27 heavy (non-hydrogen) atoms. The van der Waals surface area contributed by atoms with Gasteiger partial charge in [-0.1, -0.05) is 18.5 Å². The van der Waals surface area contributed by atoms with Crippen LogP contribution >= 0.6 is 11.6 Å². The standard InChI is InChI=1S/C20H23ClN2O4/c1-5-10-27-19-15(21)11-14(12-16(19)26-4)6-7-17(24)22-18-13(2)8-9-23(3)20(18)25/h6-9,11-12H,5,10H2,1-4H3,(H,22,24)/b7-6+. The van der Waals surface area contributed by atoms with Gasteiger partial charge in [-0.2, -0.15) is 0 Å². The van der Waals surface area contributed by atoms with Crippen LogP contribution in [0.1, 0.15) is 24.5 Å². The van der Waals surface area contributed by atoms with Crippen LogP contribution in [0.5, 0.6) is 11.5 Å². The molecule has 0 aliphatic heterocycles. The minimum Gasteiger partial charge on any atom is -0.493 e. The summed E-state index contributed by atoms with van der Waals surface area (Å²) in [4.78, 5) is 24.3. The van der Waals surface area contributed by atoms with Gasteiger partial charge in [-0.25, -0.2) is 0 Å². The van der Waals surface area contributed by atoms with Crippen LogP contribution in [0.2, 0.25) is 5.02 Å². The van der Waals surface area contributed by atoms with Crippen molar-refractivity contribution in [3.63, 3.8) is 0 Å². The number of carbonyl (C=O) groups excluding carboxylic acids is 1. The van der Waals surface area contributed by atoms with E-state index in [1.54, 1.807) is 44.4 Å². The fraction of sp³-hybridized carbons (Fsp3) is 0.300. The number of ether oxygens (including phenoxy) is 2. The normalized spacial score (nSPS) is 10.9. The average Bonchev–Trinajstić information content (AvgIpc) is 2.65. The zero-order valence-electron chi connectivity index (χ0n) is 15.8. The molecule has 1 aromatic heterocycles. The third-order valence-corrected chi connectivity index (χ3v) is 4.14. The van der Waals surface area contributed by atoms with E-state index in [4.69, 9.17) is 21.1 Å². The highest BCUT2D eigenvalue weighted by molar-refractivity contribution is 6.32. The molecule has 1 N–H and O–H groups in total. The lowest BCUT2D eigenvalue weighted by molar-refractivity contribution is -0.111. The minimum absolute atomic E-state index is 0.258. The Hall–Kier alpha value is -2.73. The number of rotatable bonds is 7. The first kappa shape index (κ1) is 20.6. The monoisotopic (exact) mass is 390 g/mol. The Kier molecular flexibility index (Phi) is 7.07. The number of halogens is 1. The summed E-state index contributed by atoms with van der Waals surface area (Å²) in [6.07, 6.45) is 5.43. The Morgan fingerprint density at radius 3 is 2.78 bits per heavy atom. The zero-order chi connectivity index (χ0) is 20.0. The molecule has 0 spiro atoms. The summed E-state index contributed by atoms with van der Waals surface area (Å²) in [5.74, 6) is 0.553. The third-order valence-electron chi connectivity index (χ3n) is 3.85. The highest BCUT2D eigenvalue weighted by Crippen LogP contribution is 2.36. The van der Waals surface area contributed by atoms with Gasteiger partial charge < -0.3 is 19.4 Å². The summed E-state index contributed by atoms with van der Waals surface area (Å²) < 4.78 is 12.3. The number of benzene rings is 1. The van der Waals surface area contributed by atoms with E-state index in [1.165, 1.54) is 17.8 Å². The van der Waals surface area contributed by atoms with E-state index in [0.717, 1.165) is 6.42 Å². The van der Waals surface area contributed by atoms with E-state index in [1.807, 2.05) is 6.92 Å². The molecule has 0 aliphatic carbocycles. The quantitative estimate of drug-likeness (QED) is 0.730. The third kappa shape index (κ3) is 5.14. The number of carbonyl (C=O) groups is 1. The predicted molar refractivity (Wildman–Crippen MR) is 108 cm³/mol. The molecule has 0 saturated carbocycles. The SMILES string of the molecule is CCCOc1c(Cl)cc(/C=C/C(=O)Nc2c(C)ccn(C)c2=O)cc1OC. The molecule has 0 atom stereocenters. The Labute approximate surface area is 163 Å². The summed E-state index contributed by atoms with van der Waals surface area (Å²) >= 11 is 6.27. The number of nitrogens with one attached hydrogen (secondary N) is 1. The molecule has 7 heteroatoms. The first-order chi connectivity index (χ1) is 12.9. The Balaban J connectivity index is 2.20. The van der Waals surface area contributed by atoms with Gasteiger partial charge in [-0.3, -0.25) is 9.59 Å². The number of methoxy groups -OCH3 is 1. The highest BCUT2D eigenvalue weighted by Gasteiger charge is 2.12. The zero-order valence-corrected chi connectivity index (χ0v) is 16.6. The lowest BCUT2D eigenvalue weighted by Gasteiger charge is -2.12. The van der Waals surface area contributed by atoms with Crippen molar-refractivity contribution in [2.45, 2.75) is 20.3 Å². The van der Waals surface area contributed by atoms with Crippen LogP contribution in [0.4, 0.5) is 5.69 Å². The van der Waals surface area contributed by atoms with Crippen molar-refractivity contribution in [1.82, 2.24) is 4.57 Å². The van der Waals surface area contributed by atoms with E-state index in [0.29, 0.717) is 34.3 Å². The summed E-state index contributed by atoms with van der Waals surface area (Å²) in [7, 11) is 3.16. The molecule has 0 radical (unpaired) electrons. The second-order valence-corrected chi connectivity index (χ2v) is 6.40. The van der Waals surface area contributed by atoms with E-state index < -0.39 is 5.91 Å². The predicted octanol–water partition coefficient (Wildman–Crippen LogP) is 3.80. The van der Waals surface area contributed by atoms with E-state index in [9.17, 15) is 9.59 Å². The second kappa shape index (κ2) is 9.28. The molecule has 0 fully saturated rings. The van der Waals surface area contributed by atoms with Gasteiger partial charge in [-0.15, -0.1) is 0 Å². The summed E-state index contributed by atoms with van der Waals surface area (Å²) in [6, 6.07) is 5.18. The van der Waals surface area contributed by atoms with Gasteiger partial charge in [0.05, 0.1) is 18.7 Å². The molecular formula is C20H23ClN2O4. The molecule has 2 aromatic rings. The van der Waals surface area contributed by atoms with Gasteiger partial charge >= 0.3 is 0 Å². The fourth-order valence-electron chi connectivity index (χ4n) is 2.39. The van der Waals surface area contributed by atoms with Crippen molar-refractivity contribution in [3.05, 3.63) is 57.0 Å². The highest BCUT2D eigenvalue weighted by atomic mass is 35.5. The number of hydrogen-bond donors (Lipinski definition) is 1. The van der Waals surface area contributed by atoms with Crippen molar-refractivity contribution < 1.29 is 14.3 Å². The van der Waals surface area contributed by atoms with E-state index in [-0.39, 0.29) is 11.2 Å². The van der Waals surface area contributed by atoms with Crippen LogP contribution < -0.4 is 20.3 Å². The van der Waals surface area contributed by atoms with Crippen LogP contribution in [0, 0.1) is 6.92 Å². The molecule has 0 saturated heterocycles. The van der Waals surface area contributed by atoms with Crippen LogP contribution in [0.15, 0.2) is 35.3 Å². The van der Waals surface area contributed by atoms with Crippen LogP contribution in [-0.2, 0) is 11.8 Å². The second-order valence-electron chi connectivity index (χ2n) is 5.99. The first-order valence-corrected chi connectivity index (χ1v) is 8.90. The lowest BCUT2D eigenvalue weighted by Crippen LogP contribution is -2.24. The Bertz CT molecular complexity index is 919. The molecule has 0 aliphatic rings. The largest absolute Gasteiger partial charge is 0.493 e. The van der Waals surface area contributed by atoms with Crippen molar-refractivity contribution >= 4 is 29.3 Å². The van der Waals surface area contributed by atoms with Gasteiger partial charge in [0.25, 0.3) is 5.56 Å². The van der Waals surface area contributed by atoms with Crippen LogP contribution in [0.25, 0.3) is 6.08 Å².